The van der Waals surface area contributed by atoms with Crippen molar-refractivity contribution in [2.75, 3.05) is 6.54 Å². The molecule has 126 valence electrons. The first kappa shape index (κ1) is 16.7. The summed E-state index contributed by atoms with van der Waals surface area (Å²) in [4.78, 5) is 0.918. The van der Waals surface area contributed by atoms with Crippen LogP contribution in [0.3, 0.4) is 0 Å². The van der Waals surface area contributed by atoms with Crippen LogP contribution in [0.4, 0.5) is 4.39 Å². The first-order chi connectivity index (χ1) is 11.5. The van der Waals surface area contributed by atoms with Gasteiger partial charge in [0, 0.05) is 17.8 Å². The van der Waals surface area contributed by atoms with Crippen LogP contribution in [-0.2, 0) is 16.4 Å². The molecular formula is C15H14FN3O3S2. The Morgan fingerprint density at radius 3 is 2.71 bits per heavy atom. The Labute approximate surface area is 142 Å². The van der Waals surface area contributed by atoms with Gasteiger partial charge in [0.2, 0.25) is 15.9 Å². The van der Waals surface area contributed by atoms with Crippen LogP contribution >= 0.6 is 11.3 Å². The second-order valence-electron chi connectivity index (χ2n) is 4.99. The van der Waals surface area contributed by atoms with E-state index in [1.54, 1.807) is 24.3 Å². The number of nitrogens with one attached hydrogen (secondary N) is 1. The van der Waals surface area contributed by atoms with Crippen molar-refractivity contribution in [2.45, 2.75) is 17.6 Å². The fourth-order valence-corrected chi connectivity index (χ4v) is 4.38. The predicted octanol–water partition coefficient (Wildman–Crippen LogP) is 2.77. The number of sulfonamides is 1. The Morgan fingerprint density at radius 1 is 1.21 bits per heavy atom. The van der Waals surface area contributed by atoms with Crippen LogP contribution in [0.25, 0.3) is 11.5 Å². The third-order valence-corrected chi connectivity index (χ3v) is 6.14. The van der Waals surface area contributed by atoms with Crippen LogP contribution in [0.1, 0.15) is 10.8 Å². The van der Waals surface area contributed by atoms with Crippen molar-refractivity contribution in [1.82, 2.24) is 14.9 Å². The Bertz CT molecular complexity index is 950. The summed E-state index contributed by atoms with van der Waals surface area (Å²) in [6.45, 7) is 1.95. The zero-order valence-electron chi connectivity index (χ0n) is 12.7. The lowest BCUT2D eigenvalue weighted by molar-refractivity contribution is 0.498. The lowest BCUT2D eigenvalue weighted by Crippen LogP contribution is -2.25. The minimum Gasteiger partial charge on any atom is -0.421 e. The third-order valence-electron chi connectivity index (χ3n) is 3.18. The van der Waals surface area contributed by atoms with Crippen molar-refractivity contribution in [3.63, 3.8) is 0 Å². The molecule has 0 radical (unpaired) electrons. The molecule has 0 fully saturated rings. The average Bonchev–Trinajstić information content (AvgIpc) is 3.17. The van der Waals surface area contributed by atoms with E-state index in [1.165, 1.54) is 23.5 Å². The van der Waals surface area contributed by atoms with Gasteiger partial charge >= 0.3 is 0 Å². The van der Waals surface area contributed by atoms with Gasteiger partial charge in [-0.25, -0.2) is 17.5 Å². The van der Waals surface area contributed by atoms with Gasteiger partial charge in [0.1, 0.15) is 10.0 Å². The summed E-state index contributed by atoms with van der Waals surface area (Å²) in [6.07, 6.45) is 0.213. The lowest BCUT2D eigenvalue weighted by Gasteiger charge is -2.02. The lowest BCUT2D eigenvalue weighted by atomic mass is 10.2. The van der Waals surface area contributed by atoms with Gasteiger partial charge in [0.25, 0.3) is 5.89 Å². The van der Waals surface area contributed by atoms with E-state index >= 15 is 0 Å². The highest BCUT2D eigenvalue weighted by molar-refractivity contribution is 7.91. The van der Waals surface area contributed by atoms with Crippen molar-refractivity contribution < 1.29 is 17.2 Å². The van der Waals surface area contributed by atoms with Crippen LogP contribution in [0.2, 0.25) is 0 Å². The van der Waals surface area contributed by atoms with E-state index in [4.69, 9.17) is 4.42 Å². The number of rotatable bonds is 6. The molecule has 3 aromatic rings. The first-order valence-corrected chi connectivity index (χ1v) is 9.39. The second kappa shape index (κ2) is 6.80. The van der Waals surface area contributed by atoms with Crippen LogP contribution in [0.5, 0.6) is 0 Å². The quantitative estimate of drug-likeness (QED) is 0.724. The van der Waals surface area contributed by atoms with Gasteiger partial charge in [-0.2, -0.15) is 0 Å². The van der Waals surface area contributed by atoms with Gasteiger partial charge in [-0.05, 0) is 31.2 Å². The van der Waals surface area contributed by atoms with Crippen molar-refractivity contribution in [3.8, 4) is 11.5 Å². The Hall–Kier alpha value is -2.10. The SMILES string of the molecule is Cc1ccc(S(=O)(=O)NCCc2nnc(-c3ccccc3F)o2)s1. The molecule has 9 heteroatoms. The van der Waals surface area contributed by atoms with Crippen LogP contribution < -0.4 is 4.72 Å². The molecule has 0 aliphatic carbocycles. The maximum Gasteiger partial charge on any atom is 0.250 e. The summed E-state index contributed by atoms with van der Waals surface area (Å²) >= 11 is 1.20. The summed E-state index contributed by atoms with van der Waals surface area (Å²) in [6, 6.07) is 9.38. The fourth-order valence-electron chi connectivity index (χ4n) is 2.02. The molecule has 2 heterocycles. The Kier molecular flexibility index (Phi) is 4.74. The molecule has 0 amide bonds. The van der Waals surface area contributed by atoms with E-state index in [0.29, 0.717) is 0 Å². The molecule has 0 atom stereocenters. The molecule has 1 N–H and O–H groups in total. The van der Waals surface area contributed by atoms with E-state index in [2.05, 4.69) is 14.9 Å². The minimum absolute atomic E-state index is 0.0693. The summed E-state index contributed by atoms with van der Waals surface area (Å²) in [7, 11) is -3.54. The molecule has 1 aromatic carbocycles. The molecule has 2 aromatic heterocycles. The zero-order chi connectivity index (χ0) is 17.2. The fraction of sp³-hybridized carbons (Fsp3) is 0.200. The van der Waals surface area contributed by atoms with Gasteiger partial charge in [0.05, 0.1) is 5.56 Å². The maximum absolute atomic E-state index is 13.7. The van der Waals surface area contributed by atoms with E-state index in [0.717, 1.165) is 4.88 Å². The maximum atomic E-state index is 13.7. The van der Waals surface area contributed by atoms with Gasteiger partial charge in [-0.15, -0.1) is 21.5 Å². The molecule has 6 nitrogen and oxygen atoms in total. The Morgan fingerprint density at radius 2 is 2.00 bits per heavy atom. The molecule has 0 bridgehead atoms. The van der Waals surface area contributed by atoms with E-state index in [1.807, 2.05) is 6.92 Å². The molecular weight excluding hydrogens is 353 g/mol. The third kappa shape index (κ3) is 3.69. The normalized spacial score (nSPS) is 11.8. The number of benzene rings is 1. The molecule has 0 unspecified atom stereocenters. The van der Waals surface area contributed by atoms with Crippen LogP contribution in [-0.4, -0.2) is 25.2 Å². The molecule has 3 rings (SSSR count). The predicted molar refractivity (Wildman–Crippen MR) is 87.6 cm³/mol. The van der Waals surface area contributed by atoms with E-state index in [9.17, 15) is 12.8 Å². The van der Waals surface area contributed by atoms with Gasteiger partial charge < -0.3 is 4.42 Å². The summed E-state index contributed by atoms with van der Waals surface area (Å²) in [5, 5.41) is 7.61. The van der Waals surface area contributed by atoms with Crippen molar-refractivity contribution >= 4 is 21.4 Å². The monoisotopic (exact) mass is 367 g/mol. The standard InChI is InChI=1S/C15H14FN3O3S2/c1-10-6-7-14(23-10)24(20,21)17-9-8-13-18-19-15(22-13)11-4-2-3-5-12(11)16/h2-7,17H,8-9H2,1H3. The zero-order valence-corrected chi connectivity index (χ0v) is 14.3. The number of aromatic nitrogens is 2. The van der Waals surface area contributed by atoms with Crippen molar-refractivity contribution in [3.05, 3.63) is 53.0 Å². The summed E-state index contributed by atoms with van der Waals surface area (Å²) < 4.78 is 46.0. The first-order valence-electron chi connectivity index (χ1n) is 7.09. The molecule has 0 aliphatic heterocycles. The number of hydrogen-bond donors (Lipinski definition) is 1. The van der Waals surface area contributed by atoms with E-state index in [-0.39, 0.29) is 34.5 Å². The molecule has 0 saturated heterocycles. The number of hydrogen-bond acceptors (Lipinski definition) is 6. The summed E-state index contributed by atoms with van der Waals surface area (Å²) in [5.41, 5.74) is 0.214. The molecule has 0 spiro atoms. The average molecular weight is 367 g/mol. The number of thiophene rings is 1. The van der Waals surface area contributed by atoms with E-state index < -0.39 is 15.8 Å². The number of aryl methyl sites for hydroxylation is 1. The molecule has 0 aliphatic rings. The molecule has 24 heavy (non-hydrogen) atoms. The van der Waals surface area contributed by atoms with Crippen molar-refractivity contribution in [2.24, 2.45) is 0 Å². The highest BCUT2D eigenvalue weighted by Crippen LogP contribution is 2.22. The van der Waals surface area contributed by atoms with Gasteiger partial charge in [-0.3, -0.25) is 0 Å². The summed E-state index contributed by atoms with van der Waals surface area (Å²) in [5.74, 6) is -0.153. The van der Waals surface area contributed by atoms with Crippen molar-refractivity contribution in [1.29, 1.82) is 0 Å². The number of halogens is 1. The van der Waals surface area contributed by atoms with Crippen LogP contribution in [0.15, 0.2) is 45.0 Å². The molecule has 0 saturated carbocycles. The number of nitrogens with zero attached hydrogens (tertiary/aromatic N) is 2. The Balaban J connectivity index is 1.63. The largest absolute Gasteiger partial charge is 0.421 e. The van der Waals surface area contributed by atoms with Gasteiger partial charge in [-0.1, -0.05) is 12.1 Å². The minimum atomic E-state index is -3.54. The smallest absolute Gasteiger partial charge is 0.250 e. The topological polar surface area (TPSA) is 85.1 Å². The van der Waals surface area contributed by atoms with Crippen LogP contribution in [0, 0.1) is 12.7 Å². The highest BCUT2D eigenvalue weighted by Gasteiger charge is 2.17. The highest BCUT2D eigenvalue weighted by atomic mass is 32.2. The second-order valence-corrected chi connectivity index (χ2v) is 8.28. The van der Waals surface area contributed by atoms with Gasteiger partial charge in [0.15, 0.2) is 0 Å².